The molecule has 0 aliphatic rings. The second kappa shape index (κ2) is 6.12. The topological polar surface area (TPSA) is 47.0 Å². The fraction of sp³-hybridized carbons (Fsp3) is 0.286. The van der Waals surface area contributed by atoms with Crippen LogP contribution in [0.3, 0.4) is 0 Å². The van der Waals surface area contributed by atoms with E-state index < -0.39 is 0 Å². The summed E-state index contributed by atoms with van der Waals surface area (Å²) in [6.45, 7) is 2.61. The third-order valence-electron chi connectivity index (χ3n) is 2.71. The van der Waals surface area contributed by atoms with Crippen LogP contribution in [0.2, 0.25) is 0 Å². The lowest BCUT2D eigenvalue weighted by Crippen LogP contribution is -2.18. The lowest BCUT2D eigenvalue weighted by molar-refractivity contribution is 0.338. The molecule has 0 bridgehead atoms. The number of hydrogen-bond donors (Lipinski definition) is 1. The molecule has 2 aromatic rings. The Labute approximate surface area is 107 Å². The Hall–Kier alpha value is -1.94. The van der Waals surface area contributed by atoms with Gasteiger partial charge in [0.25, 0.3) is 0 Å². The van der Waals surface area contributed by atoms with Gasteiger partial charge in [-0.05, 0) is 43.3 Å². The fourth-order valence-electron chi connectivity index (χ4n) is 1.92. The van der Waals surface area contributed by atoms with Crippen LogP contribution in [0.25, 0.3) is 0 Å². The predicted octanol–water partition coefficient (Wildman–Crippen LogP) is 2.18. The summed E-state index contributed by atoms with van der Waals surface area (Å²) in [7, 11) is 1.93. The summed E-state index contributed by atoms with van der Waals surface area (Å²) in [4.78, 5) is 8.25. The van der Waals surface area contributed by atoms with Crippen molar-refractivity contribution in [2.45, 2.75) is 13.0 Å². The Balaban J connectivity index is 2.30. The zero-order valence-electron chi connectivity index (χ0n) is 10.6. The van der Waals surface area contributed by atoms with E-state index in [0.29, 0.717) is 6.61 Å². The molecule has 94 valence electrons. The van der Waals surface area contributed by atoms with E-state index in [1.54, 1.807) is 18.6 Å². The van der Waals surface area contributed by atoms with Crippen molar-refractivity contribution < 1.29 is 4.74 Å². The summed E-state index contributed by atoms with van der Waals surface area (Å²) in [5.74, 6) is 0.796. The molecule has 0 spiro atoms. The lowest BCUT2D eigenvalue weighted by Gasteiger charge is -2.17. The average Bonchev–Trinajstić information content (AvgIpc) is 2.42. The van der Waals surface area contributed by atoms with Gasteiger partial charge in [-0.25, -0.2) is 0 Å². The molecule has 0 fully saturated rings. The molecule has 0 saturated carbocycles. The molecule has 4 heteroatoms. The second-order valence-corrected chi connectivity index (χ2v) is 3.89. The number of ether oxygens (including phenoxy) is 1. The first-order chi connectivity index (χ1) is 8.85. The van der Waals surface area contributed by atoms with Crippen LogP contribution in [-0.4, -0.2) is 23.6 Å². The number of nitrogens with one attached hydrogen (secondary N) is 1. The normalized spacial score (nSPS) is 12.1. The molecule has 0 radical (unpaired) electrons. The average molecular weight is 243 g/mol. The van der Waals surface area contributed by atoms with Crippen molar-refractivity contribution in [2.24, 2.45) is 0 Å². The molecule has 0 aromatic carbocycles. The summed E-state index contributed by atoms with van der Waals surface area (Å²) in [5, 5.41) is 3.28. The van der Waals surface area contributed by atoms with E-state index in [9.17, 15) is 0 Å². The molecule has 18 heavy (non-hydrogen) atoms. The summed E-state index contributed by atoms with van der Waals surface area (Å²) < 4.78 is 5.47. The molecular weight excluding hydrogens is 226 g/mol. The summed E-state index contributed by atoms with van der Waals surface area (Å²) in [5.41, 5.74) is 2.23. The van der Waals surface area contributed by atoms with Gasteiger partial charge in [0, 0.05) is 18.6 Å². The van der Waals surface area contributed by atoms with E-state index in [0.717, 1.165) is 16.9 Å². The first-order valence-electron chi connectivity index (χ1n) is 6.00. The summed E-state index contributed by atoms with van der Waals surface area (Å²) in [6, 6.07) is 6.10. The molecule has 2 rings (SSSR count). The van der Waals surface area contributed by atoms with Crippen LogP contribution in [0.15, 0.2) is 43.0 Å². The van der Waals surface area contributed by atoms with Gasteiger partial charge < -0.3 is 10.1 Å². The Morgan fingerprint density at radius 2 is 1.94 bits per heavy atom. The van der Waals surface area contributed by atoms with E-state index >= 15 is 0 Å². The van der Waals surface area contributed by atoms with Crippen LogP contribution < -0.4 is 10.1 Å². The minimum absolute atomic E-state index is 0.0981. The van der Waals surface area contributed by atoms with Gasteiger partial charge in [-0.15, -0.1) is 0 Å². The monoisotopic (exact) mass is 243 g/mol. The van der Waals surface area contributed by atoms with Gasteiger partial charge in [0.15, 0.2) is 0 Å². The van der Waals surface area contributed by atoms with Crippen molar-refractivity contribution in [1.29, 1.82) is 0 Å². The van der Waals surface area contributed by atoms with Gasteiger partial charge in [0.1, 0.15) is 5.75 Å². The largest absolute Gasteiger partial charge is 0.492 e. The highest BCUT2D eigenvalue weighted by molar-refractivity contribution is 5.33. The molecule has 0 amide bonds. The quantitative estimate of drug-likeness (QED) is 0.874. The number of hydrogen-bond acceptors (Lipinski definition) is 4. The van der Waals surface area contributed by atoms with E-state index in [4.69, 9.17) is 4.74 Å². The van der Waals surface area contributed by atoms with Crippen molar-refractivity contribution in [3.63, 3.8) is 0 Å². The highest BCUT2D eigenvalue weighted by Crippen LogP contribution is 2.23. The van der Waals surface area contributed by atoms with Crippen molar-refractivity contribution in [1.82, 2.24) is 15.3 Å². The second-order valence-electron chi connectivity index (χ2n) is 3.89. The minimum Gasteiger partial charge on any atom is -0.492 e. The highest BCUT2D eigenvalue weighted by atomic mass is 16.5. The SMILES string of the molecule is CCOc1cncc(C(NC)c2ccncc2)c1. The van der Waals surface area contributed by atoms with Gasteiger partial charge in [-0.3, -0.25) is 9.97 Å². The number of aromatic nitrogens is 2. The van der Waals surface area contributed by atoms with Crippen molar-refractivity contribution in [3.8, 4) is 5.75 Å². The third kappa shape index (κ3) is 2.84. The van der Waals surface area contributed by atoms with Gasteiger partial charge in [0.2, 0.25) is 0 Å². The Kier molecular flexibility index (Phi) is 4.25. The molecule has 0 saturated heterocycles. The highest BCUT2D eigenvalue weighted by Gasteiger charge is 2.12. The minimum atomic E-state index is 0.0981. The van der Waals surface area contributed by atoms with E-state index in [1.165, 1.54) is 0 Å². The predicted molar refractivity (Wildman–Crippen MR) is 70.5 cm³/mol. The number of rotatable bonds is 5. The summed E-state index contributed by atoms with van der Waals surface area (Å²) in [6.07, 6.45) is 7.16. The van der Waals surface area contributed by atoms with Crippen molar-refractivity contribution >= 4 is 0 Å². The molecule has 0 aliphatic heterocycles. The number of pyridine rings is 2. The van der Waals surface area contributed by atoms with Crippen LogP contribution in [0.1, 0.15) is 24.1 Å². The molecule has 2 aromatic heterocycles. The van der Waals surface area contributed by atoms with E-state index in [1.807, 2.05) is 38.4 Å². The van der Waals surface area contributed by atoms with Gasteiger partial charge >= 0.3 is 0 Å². The van der Waals surface area contributed by atoms with Gasteiger partial charge in [0.05, 0.1) is 18.8 Å². The summed E-state index contributed by atoms with van der Waals surface area (Å²) >= 11 is 0. The lowest BCUT2D eigenvalue weighted by atomic mass is 10.0. The first-order valence-corrected chi connectivity index (χ1v) is 6.00. The van der Waals surface area contributed by atoms with Gasteiger partial charge in [-0.1, -0.05) is 0 Å². The maximum Gasteiger partial charge on any atom is 0.137 e. The van der Waals surface area contributed by atoms with E-state index in [2.05, 4.69) is 15.3 Å². The maximum atomic E-state index is 5.47. The molecule has 1 N–H and O–H groups in total. The zero-order valence-corrected chi connectivity index (χ0v) is 10.6. The van der Waals surface area contributed by atoms with Crippen LogP contribution in [0.4, 0.5) is 0 Å². The van der Waals surface area contributed by atoms with Gasteiger partial charge in [-0.2, -0.15) is 0 Å². The van der Waals surface area contributed by atoms with Crippen LogP contribution in [0, 0.1) is 0 Å². The van der Waals surface area contributed by atoms with Crippen LogP contribution in [0.5, 0.6) is 5.75 Å². The molecule has 2 heterocycles. The Morgan fingerprint density at radius 1 is 1.17 bits per heavy atom. The molecule has 1 atom stereocenters. The van der Waals surface area contributed by atoms with Crippen molar-refractivity contribution in [3.05, 3.63) is 54.1 Å². The molecule has 4 nitrogen and oxygen atoms in total. The molecular formula is C14H17N3O. The smallest absolute Gasteiger partial charge is 0.137 e. The Bertz CT molecular complexity index is 487. The Morgan fingerprint density at radius 3 is 2.61 bits per heavy atom. The first kappa shape index (κ1) is 12.5. The standard InChI is InChI=1S/C14H17N3O/c1-3-18-13-8-12(9-17-10-13)14(15-2)11-4-6-16-7-5-11/h4-10,14-15H,3H2,1-2H3. The number of nitrogens with zero attached hydrogens (tertiary/aromatic N) is 2. The fourth-order valence-corrected chi connectivity index (χ4v) is 1.92. The third-order valence-corrected chi connectivity index (χ3v) is 2.71. The molecule has 1 unspecified atom stereocenters. The van der Waals surface area contributed by atoms with Crippen LogP contribution >= 0.6 is 0 Å². The maximum absolute atomic E-state index is 5.47. The zero-order chi connectivity index (χ0) is 12.8. The van der Waals surface area contributed by atoms with Crippen molar-refractivity contribution in [2.75, 3.05) is 13.7 Å². The van der Waals surface area contributed by atoms with E-state index in [-0.39, 0.29) is 6.04 Å². The van der Waals surface area contributed by atoms with Crippen LogP contribution in [-0.2, 0) is 0 Å². The molecule has 0 aliphatic carbocycles.